The predicted molar refractivity (Wildman–Crippen MR) is 76.3 cm³/mol. The molecule has 0 aliphatic carbocycles. The number of ether oxygens (including phenoxy) is 1. The lowest BCUT2D eigenvalue weighted by Crippen LogP contribution is -1.96. The summed E-state index contributed by atoms with van der Waals surface area (Å²) in [7, 11) is 0. The van der Waals surface area contributed by atoms with Crippen molar-refractivity contribution in [3.05, 3.63) is 64.7 Å². The van der Waals surface area contributed by atoms with Crippen LogP contribution in [-0.2, 0) is 6.61 Å². The molecule has 0 aliphatic rings. The van der Waals surface area contributed by atoms with Crippen LogP contribution in [-0.4, -0.2) is 0 Å². The van der Waals surface area contributed by atoms with Gasteiger partial charge in [0.15, 0.2) is 0 Å². The topological polar surface area (TPSA) is 9.23 Å². The first-order chi connectivity index (χ1) is 8.66. The van der Waals surface area contributed by atoms with Crippen LogP contribution in [0.2, 0.25) is 5.02 Å². The Labute approximate surface area is 113 Å². The van der Waals surface area contributed by atoms with Gasteiger partial charge in [0.05, 0.1) is 5.02 Å². The van der Waals surface area contributed by atoms with Crippen molar-refractivity contribution in [2.75, 3.05) is 0 Å². The zero-order valence-electron chi connectivity index (χ0n) is 10.7. The van der Waals surface area contributed by atoms with E-state index in [2.05, 4.69) is 19.9 Å². The Balaban J connectivity index is 2.06. The summed E-state index contributed by atoms with van der Waals surface area (Å²) in [6.45, 7) is 4.84. The van der Waals surface area contributed by atoms with Crippen LogP contribution in [0.5, 0.6) is 5.75 Å². The summed E-state index contributed by atoms with van der Waals surface area (Å²) < 4.78 is 5.73. The highest BCUT2D eigenvalue weighted by Gasteiger charge is 2.05. The standard InChI is InChI=1S/C16H17ClO/c1-12(2)14-8-9-16(15(17)10-14)18-11-13-6-4-3-5-7-13/h3-10,12H,11H2,1-2H3. The number of hydrogen-bond donors (Lipinski definition) is 0. The molecule has 1 nitrogen and oxygen atoms in total. The van der Waals surface area contributed by atoms with Gasteiger partial charge in [-0.15, -0.1) is 0 Å². The maximum Gasteiger partial charge on any atom is 0.138 e. The van der Waals surface area contributed by atoms with Gasteiger partial charge in [-0.25, -0.2) is 0 Å². The van der Waals surface area contributed by atoms with Gasteiger partial charge in [0, 0.05) is 0 Å². The maximum absolute atomic E-state index is 6.21. The fourth-order valence-corrected chi connectivity index (χ4v) is 1.97. The Bertz CT molecular complexity index is 506. The van der Waals surface area contributed by atoms with E-state index in [4.69, 9.17) is 16.3 Å². The smallest absolute Gasteiger partial charge is 0.138 e. The van der Waals surface area contributed by atoms with Crippen LogP contribution >= 0.6 is 11.6 Å². The van der Waals surface area contributed by atoms with Crippen molar-refractivity contribution in [3.63, 3.8) is 0 Å². The van der Waals surface area contributed by atoms with Gasteiger partial charge in [0.25, 0.3) is 0 Å². The van der Waals surface area contributed by atoms with Crippen molar-refractivity contribution in [1.29, 1.82) is 0 Å². The molecule has 0 bridgehead atoms. The van der Waals surface area contributed by atoms with E-state index in [9.17, 15) is 0 Å². The van der Waals surface area contributed by atoms with Crippen LogP contribution in [0.25, 0.3) is 0 Å². The first-order valence-electron chi connectivity index (χ1n) is 6.13. The van der Waals surface area contributed by atoms with E-state index in [1.54, 1.807) is 0 Å². The van der Waals surface area contributed by atoms with E-state index < -0.39 is 0 Å². The highest BCUT2D eigenvalue weighted by molar-refractivity contribution is 6.32. The van der Waals surface area contributed by atoms with Crippen LogP contribution in [0, 0.1) is 0 Å². The molecule has 0 N–H and O–H groups in total. The minimum absolute atomic E-state index is 0.477. The minimum Gasteiger partial charge on any atom is -0.487 e. The summed E-state index contributed by atoms with van der Waals surface area (Å²) in [4.78, 5) is 0. The Hall–Kier alpha value is -1.47. The molecule has 0 fully saturated rings. The molecule has 0 saturated heterocycles. The first-order valence-corrected chi connectivity index (χ1v) is 6.51. The lowest BCUT2D eigenvalue weighted by atomic mass is 10.0. The Morgan fingerprint density at radius 2 is 1.78 bits per heavy atom. The Morgan fingerprint density at radius 1 is 1.06 bits per heavy atom. The summed E-state index contributed by atoms with van der Waals surface area (Å²) in [6.07, 6.45) is 0. The normalized spacial score (nSPS) is 10.7. The van der Waals surface area contributed by atoms with Gasteiger partial charge in [0.2, 0.25) is 0 Å². The fourth-order valence-electron chi connectivity index (χ4n) is 1.73. The van der Waals surface area contributed by atoms with Crippen LogP contribution in [0.3, 0.4) is 0 Å². The molecule has 2 heteroatoms. The summed E-state index contributed by atoms with van der Waals surface area (Å²) in [5.41, 5.74) is 2.37. The van der Waals surface area contributed by atoms with Gasteiger partial charge in [-0.1, -0.05) is 61.8 Å². The van der Waals surface area contributed by atoms with Crippen LogP contribution < -0.4 is 4.74 Å². The van der Waals surface area contributed by atoms with Crippen LogP contribution in [0.15, 0.2) is 48.5 Å². The average Bonchev–Trinajstić information content (AvgIpc) is 2.38. The quantitative estimate of drug-likeness (QED) is 0.748. The van der Waals surface area contributed by atoms with Gasteiger partial charge < -0.3 is 4.74 Å². The van der Waals surface area contributed by atoms with E-state index in [0.29, 0.717) is 17.5 Å². The van der Waals surface area contributed by atoms with Gasteiger partial charge in [-0.3, -0.25) is 0 Å². The zero-order valence-corrected chi connectivity index (χ0v) is 11.4. The average molecular weight is 261 g/mol. The SMILES string of the molecule is CC(C)c1ccc(OCc2ccccc2)c(Cl)c1. The van der Waals surface area contributed by atoms with E-state index in [0.717, 1.165) is 11.3 Å². The van der Waals surface area contributed by atoms with E-state index in [-0.39, 0.29) is 0 Å². The van der Waals surface area contributed by atoms with E-state index >= 15 is 0 Å². The largest absolute Gasteiger partial charge is 0.487 e. The van der Waals surface area contributed by atoms with Crippen LogP contribution in [0.1, 0.15) is 30.9 Å². The molecule has 18 heavy (non-hydrogen) atoms. The van der Waals surface area contributed by atoms with Crippen molar-refractivity contribution in [1.82, 2.24) is 0 Å². The lowest BCUT2D eigenvalue weighted by molar-refractivity contribution is 0.306. The second kappa shape index (κ2) is 5.92. The minimum atomic E-state index is 0.477. The highest BCUT2D eigenvalue weighted by Crippen LogP contribution is 2.29. The van der Waals surface area contributed by atoms with Crippen molar-refractivity contribution >= 4 is 11.6 Å². The van der Waals surface area contributed by atoms with Crippen LogP contribution in [0.4, 0.5) is 0 Å². The van der Waals surface area contributed by atoms with Gasteiger partial charge in [0.1, 0.15) is 12.4 Å². The van der Waals surface area contributed by atoms with E-state index in [1.165, 1.54) is 5.56 Å². The number of benzene rings is 2. The molecule has 0 unspecified atom stereocenters. The molecular formula is C16H17ClO. The first kappa shape index (κ1) is 13.0. The number of halogens is 1. The fraction of sp³-hybridized carbons (Fsp3) is 0.250. The van der Waals surface area contributed by atoms with Gasteiger partial charge in [-0.2, -0.15) is 0 Å². The molecule has 0 heterocycles. The molecule has 2 rings (SSSR count). The maximum atomic E-state index is 6.21. The molecule has 0 spiro atoms. The monoisotopic (exact) mass is 260 g/mol. The molecule has 2 aromatic carbocycles. The third kappa shape index (κ3) is 3.27. The molecule has 94 valence electrons. The summed E-state index contributed by atoms with van der Waals surface area (Å²) in [6, 6.07) is 16.1. The number of rotatable bonds is 4. The van der Waals surface area contributed by atoms with Crippen molar-refractivity contribution in [2.24, 2.45) is 0 Å². The third-order valence-corrected chi connectivity index (χ3v) is 3.16. The summed E-state index contributed by atoms with van der Waals surface area (Å²) >= 11 is 6.21. The van der Waals surface area contributed by atoms with Gasteiger partial charge >= 0.3 is 0 Å². The predicted octanol–water partition coefficient (Wildman–Crippen LogP) is 5.04. The van der Waals surface area contributed by atoms with Crippen molar-refractivity contribution in [2.45, 2.75) is 26.4 Å². The Morgan fingerprint density at radius 3 is 2.39 bits per heavy atom. The molecule has 0 aliphatic heterocycles. The van der Waals surface area contributed by atoms with Crippen molar-refractivity contribution < 1.29 is 4.74 Å². The molecule has 0 radical (unpaired) electrons. The van der Waals surface area contributed by atoms with E-state index in [1.807, 2.05) is 42.5 Å². The lowest BCUT2D eigenvalue weighted by Gasteiger charge is -2.11. The van der Waals surface area contributed by atoms with Crippen molar-refractivity contribution in [3.8, 4) is 5.75 Å². The molecular weight excluding hydrogens is 244 g/mol. The number of hydrogen-bond acceptors (Lipinski definition) is 1. The molecule has 0 atom stereocenters. The molecule has 0 amide bonds. The second-order valence-corrected chi connectivity index (χ2v) is 5.03. The third-order valence-electron chi connectivity index (χ3n) is 2.86. The molecule has 2 aromatic rings. The summed E-state index contributed by atoms with van der Waals surface area (Å²) in [5.74, 6) is 1.22. The second-order valence-electron chi connectivity index (χ2n) is 4.62. The molecule has 0 aromatic heterocycles. The zero-order chi connectivity index (χ0) is 13.0. The van der Waals surface area contributed by atoms with Gasteiger partial charge in [-0.05, 0) is 29.2 Å². The Kier molecular flexibility index (Phi) is 4.27. The highest BCUT2D eigenvalue weighted by atomic mass is 35.5. The molecule has 0 saturated carbocycles. The summed E-state index contributed by atoms with van der Waals surface area (Å²) in [5, 5.41) is 0.678.